The molecule has 1 aliphatic carbocycles. The second-order valence-corrected chi connectivity index (χ2v) is 3.74. The molecule has 0 spiro atoms. The minimum absolute atomic E-state index is 0.450. The fraction of sp³-hybridized carbons (Fsp3) is 0.273. The van der Waals surface area contributed by atoms with E-state index in [1.807, 2.05) is 12.1 Å². The van der Waals surface area contributed by atoms with Crippen LogP contribution in [0.25, 0.3) is 0 Å². The van der Waals surface area contributed by atoms with Crippen LogP contribution in [-0.4, -0.2) is 10.9 Å². The van der Waals surface area contributed by atoms with Gasteiger partial charge in [0, 0.05) is 18.3 Å². The number of carbonyl (C=O) groups excluding carboxylic acids is 1. The summed E-state index contributed by atoms with van der Waals surface area (Å²) >= 11 is 0. The first-order chi connectivity index (χ1) is 7.67. The molecule has 16 heavy (non-hydrogen) atoms. The Labute approximate surface area is 92.1 Å². The van der Waals surface area contributed by atoms with Gasteiger partial charge in [-0.25, -0.2) is 0 Å². The van der Waals surface area contributed by atoms with Gasteiger partial charge in [0.05, 0.1) is 18.1 Å². The third-order valence-electron chi connectivity index (χ3n) is 2.93. The summed E-state index contributed by atoms with van der Waals surface area (Å²) in [6, 6.07) is 7.22. The van der Waals surface area contributed by atoms with E-state index in [0.29, 0.717) is 5.56 Å². The van der Waals surface area contributed by atoms with Crippen molar-refractivity contribution in [3.63, 3.8) is 0 Å². The molecule has 5 heteroatoms. The van der Waals surface area contributed by atoms with Crippen LogP contribution in [0.4, 0.5) is 0 Å². The van der Waals surface area contributed by atoms with Gasteiger partial charge in [0.25, 0.3) is 0 Å². The average Bonchev–Trinajstić information content (AvgIpc) is 3.00. The lowest BCUT2D eigenvalue weighted by Crippen LogP contribution is -2.17. The highest BCUT2D eigenvalue weighted by Gasteiger charge is 2.70. The van der Waals surface area contributed by atoms with Crippen molar-refractivity contribution >= 4 is 5.91 Å². The molecule has 1 heterocycles. The van der Waals surface area contributed by atoms with Crippen LogP contribution in [-0.2, 0) is 4.79 Å². The van der Waals surface area contributed by atoms with Gasteiger partial charge < -0.3 is 5.73 Å². The lowest BCUT2D eigenvalue weighted by molar-refractivity contribution is -0.119. The van der Waals surface area contributed by atoms with Crippen LogP contribution in [0.2, 0.25) is 0 Å². The van der Waals surface area contributed by atoms with E-state index < -0.39 is 23.2 Å². The molecule has 1 aromatic heterocycles. The van der Waals surface area contributed by atoms with Crippen LogP contribution < -0.4 is 5.73 Å². The van der Waals surface area contributed by atoms with Gasteiger partial charge in [0.15, 0.2) is 5.41 Å². The summed E-state index contributed by atoms with van der Waals surface area (Å²) < 4.78 is 0. The molecule has 1 aliphatic rings. The van der Waals surface area contributed by atoms with Crippen molar-refractivity contribution < 1.29 is 4.79 Å². The molecule has 1 aromatic rings. The third kappa shape index (κ3) is 1.15. The standard InChI is InChI=1S/C11H8N4O/c12-5-11(6-13)8(9(11)10(14)16)7-2-1-3-15-4-7/h1-4,8-9H,(H2,14,16)/t8-,9+/m0/s1. The van der Waals surface area contributed by atoms with Gasteiger partial charge in [-0.05, 0) is 11.6 Å². The fourth-order valence-electron chi connectivity index (χ4n) is 2.09. The zero-order chi connectivity index (χ0) is 11.8. The molecule has 0 unspecified atom stereocenters. The Kier molecular flexibility index (Phi) is 2.10. The molecule has 0 radical (unpaired) electrons. The summed E-state index contributed by atoms with van der Waals surface area (Å²) in [6.45, 7) is 0. The molecule has 2 atom stereocenters. The van der Waals surface area contributed by atoms with Crippen molar-refractivity contribution in [3.05, 3.63) is 30.1 Å². The normalized spacial score (nSPS) is 25.1. The van der Waals surface area contributed by atoms with Crippen LogP contribution in [0.5, 0.6) is 0 Å². The summed E-state index contributed by atoms with van der Waals surface area (Å²) in [6.07, 6.45) is 3.14. The molecule has 1 fully saturated rings. The topological polar surface area (TPSA) is 104 Å². The zero-order valence-electron chi connectivity index (χ0n) is 8.29. The van der Waals surface area contributed by atoms with E-state index in [4.69, 9.17) is 16.3 Å². The largest absolute Gasteiger partial charge is 0.369 e. The van der Waals surface area contributed by atoms with Gasteiger partial charge in [-0.1, -0.05) is 6.07 Å². The maximum Gasteiger partial charge on any atom is 0.223 e. The zero-order valence-corrected chi connectivity index (χ0v) is 8.29. The summed E-state index contributed by atoms with van der Waals surface area (Å²) in [7, 11) is 0. The van der Waals surface area contributed by atoms with E-state index in [0.717, 1.165) is 0 Å². The van der Waals surface area contributed by atoms with Crippen molar-refractivity contribution in [3.8, 4) is 12.1 Å². The number of nitrogens with two attached hydrogens (primary N) is 1. The third-order valence-corrected chi connectivity index (χ3v) is 2.93. The molecular weight excluding hydrogens is 204 g/mol. The molecule has 2 N–H and O–H groups in total. The Morgan fingerprint density at radius 1 is 1.50 bits per heavy atom. The molecule has 78 valence electrons. The van der Waals surface area contributed by atoms with Gasteiger partial charge in [-0.3, -0.25) is 9.78 Å². The summed E-state index contributed by atoms with van der Waals surface area (Å²) in [4.78, 5) is 15.1. The Hall–Kier alpha value is -2.40. The van der Waals surface area contributed by atoms with E-state index in [1.54, 1.807) is 24.5 Å². The van der Waals surface area contributed by atoms with Crippen molar-refractivity contribution in [1.29, 1.82) is 10.5 Å². The fourth-order valence-corrected chi connectivity index (χ4v) is 2.09. The van der Waals surface area contributed by atoms with E-state index in [2.05, 4.69) is 4.98 Å². The number of amides is 1. The van der Waals surface area contributed by atoms with Crippen LogP contribution in [0.1, 0.15) is 11.5 Å². The lowest BCUT2D eigenvalue weighted by Gasteiger charge is -1.96. The molecule has 5 nitrogen and oxygen atoms in total. The number of hydrogen-bond acceptors (Lipinski definition) is 4. The molecule has 1 saturated carbocycles. The van der Waals surface area contributed by atoms with Gasteiger partial charge in [0.2, 0.25) is 5.91 Å². The maximum absolute atomic E-state index is 11.2. The van der Waals surface area contributed by atoms with Crippen molar-refractivity contribution in [2.45, 2.75) is 5.92 Å². The summed E-state index contributed by atoms with van der Waals surface area (Å²) in [5.41, 5.74) is 4.58. The number of carbonyl (C=O) groups is 1. The van der Waals surface area contributed by atoms with Gasteiger partial charge in [0.1, 0.15) is 0 Å². The minimum atomic E-state index is -1.31. The second kappa shape index (κ2) is 3.32. The quantitative estimate of drug-likeness (QED) is 0.761. The minimum Gasteiger partial charge on any atom is -0.369 e. The first-order valence-corrected chi connectivity index (χ1v) is 4.69. The van der Waals surface area contributed by atoms with Crippen LogP contribution in [0.3, 0.4) is 0 Å². The van der Waals surface area contributed by atoms with E-state index in [-0.39, 0.29) is 0 Å². The predicted octanol–water partition coefficient (Wildman–Crippen LogP) is 0.314. The molecule has 0 aromatic carbocycles. The SMILES string of the molecule is N#CC1(C#N)[C@@H](C(N)=O)[C@@H]1c1cccnc1. The number of pyridine rings is 1. The second-order valence-electron chi connectivity index (χ2n) is 3.74. The van der Waals surface area contributed by atoms with Gasteiger partial charge in [-0.2, -0.15) is 10.5 Å². The monoisotopic (exact) mass is 212 g/mol. The van der Waals surface area contributed by atoms with Gasteiger partial charge >= 0.3 is 0 Å². The predicted molar refractivity (Wildman–Crippen MR) is 53.3 cm³/mol. The highest BCUT2D eigenvalue weighted by Crippen LogP contribution is 2.63. The maximum atomic E-state index is 11.2. The first kappa shape index (κ1) is 10.1. The van der Waals surface area contributed by atoms with E-state index in [1.165, 1.54) is 0 Å². The average molecular weight is 212 g/mol. The van der Waals surface area contributed by atoms with E-state index in [9.17, 15) is 4.79 Å². The van der Waals surface area contributed by atoms with Crippen molar-refractivity contribution in [1.82, 2.24) is 4.98 Å². The lowest BCUT2D eigenvalue weighted by atomic mass is 10.0. The molecule has 0 aliphatic heterocycles. The highest BCUT2D eigenvalue weighted by molar-refractivity contribution is 5.85. The number of aromatic nitrogens is 1. The number of hydrogen-bond donors (Lipinski definition) is 1. The molecule has 1 amide bonds. The molecular formula is C11H8N4O. The van der Waals surface area contributed by atoms with E-state index >= 15 is 0 Å². The smallest absolute Gasteiger partial charge is 0.223 e. The summed E-state index contributed by atoms with van der Waals surface area (Å²) in [5.74, 6) is -1.79. The highest BCUT2D eigenvalue weighted by atomic mass is 16.1. The van der Waals surface area contributed by atoms with Crippen molar-refractivity contribution in [2.75, 3.05) is 0 Å². The number of primary amides is 1. The van der Waals surface area contributed by atoms with Crippen molar-refractivity contribution in [2.24, 2.45) is 17.1 Å². The van der Waals surface area contributed by atoms with Gasteiger partial charge in [-0.15, -0.1) is 0 Å². The van der Waals surface area contributed by atoms with Crippen LogP contribution in [0.15, 0.2) is 24.5 Å². The van der Waals surface area contributed by atoms with Crippen LogP contribution in [0, 0.1) is 34.0 Å². The first-order valence-electron chi connectivity index (χ1n) is 4.69. The molecule has 0 bridgehead atoms. The Bertz CT molecular complexity index is 497. The Morgan fingerprint density at radius 2 is 2.19 bits per heavy atom. The number of nitriles is 2. The summed E-state index contributed by atoms with van der Waals surface area (Å²) in [5, 5.41) is 18.0. The number of rotatable bonds is 2. The Balaban J connectivity index is 2.43. The van der Waals surface area contributed by atoms with Crippen LogP contribution >= 0.6 is 0 Å². The molecule has 2 rings (SSSR count). The number of nitrogens with zero attached hydrogens (tertiary/aromatic N) is 3. The Morgan fingerprint density at radius 3 is 2.56 bits per heavy atom. The molecule has 0 saturated heterocycles.